The Morgan fingerprint density at radius 3 is 2.61 bits per heavy atom. The van der Waals surface area contributed by atoms with Gasteiger partial charge in [0, 0.05) is 12.6 Å². The molecule has 3 rings (SSSR count). The highest BCUT2D eigenvalue weighted by Gasteiger charge is 2.44. The summed E-state index contributed by atoms with van der Waals surface area (Å²) in [6.07, 6.45) is 6.85. The van der Waals surface area contributed by atoms with Crippen molar-refractivity contribution in [3.8, 4) is 10.6 Å². The fraction of sp³-hybridized carbons (Fsp3) is 0.478. The molecule has 2 aromatic heterocycles. The summed E-state index contributed by atoms with van der Waals surface area (Å²) < 4.78 is 0. The van der Waals surface area contributed by atoms with Crippen molar-refractivity contribution in [2.24, 2.45) is 0 Å². The number of hydrogen-bond donors (Lipinski definition) is 4. The second kappa shape index (κ2) is 11.9. The monoisotopic (exact) mass is 507 g/mol. The van der Waals surface area contributed by atoms with Crippen LogP contribution in [0, 0.1) is 0 Å². The molecule has 0 bridgehead atoms. The standard InChI is InChI=1S/C23H29N3O4S3/c1-32-12-8-18(31)20(27)26-23(9-2-3-10-23)22(30)25-17(21(28)29)13-15-6-7-16(24-14-15)19-5-4-11-33-19/h4-7,11,14,17-18,31H,2-3,8-10,12-13H2,1H3,(H,25,30)(H,26,27)(H,28,29). The number of thioether (sulfide) groups is 1. The second-order valence-electron chi connectivity index (χ2n) is 8.17. The van der Waals surface area contributed by atoms with E-state index in [1.807, 2.05) is 35.9 Å². The Balaban J connectivity index is 1.67. The van der Waals surface area contributed by atoms with Crippen LogP contribution in [0.5, 0.6) is 0 Å². The van der Waals surface area contributed by atoms with Crippen LogP contribution in [0.25, 0.3) is 10.6 Å². The van der Waals surface area contributed by atoms with Crippen LogP contribution in [0.15, 0.2) is 35.8 Å². The van der Waals surface area contributed by atoms with Crippen LogP contribution in [-0.2, 0) is 20.8 Å². The number of carbonyl (C=O) groups excluding carboxylic acids is 2. The zero-order valence-electron chi connectivity index (χ0n) is 18.5. The molecule has 7 nitrogen and oxygen atoms in total. The van der Waals surface area contributed by atoms with Gasteiger partial charge >= 0.3 is 5.97 Å². The van der Waals surface area contributed by atoms with E-state index >= 15 is 0 Å². The van der Waals surface area contributed by atoms with Gasteiger partial charge in [-0.3, -0.25) is 14.6 Å². The van der Waals surface area contributed by atoms with Crippen molar-refractivity contribution in [3.63, 3.8) is 0 Å². The van der Waals surface area contributed by atoms with E-state index in [0.717, 1.165) is 29.2 Å². The second-order valence-corrected chi connectivity index (χ2v) is 10.7. The fourth-order valence-corrected chi connectivity index (χ4v) is 5.46. The minimum absolute atomic E-state index is 0.103. The Morgan fingerprint density at radius 2 is 2.03 bits per heavy atom. The molecule has 1 aliphatic carbocycles. The van der Waals surface area contributed by atoms with Gasteiger partial charge in [-0.05, 0) is 54.3 Å². The van der Waals surface area contributed by atoms with Gasteiger partial charge in [-0.1, -0.05) is 25.0 Å². The summed E-state index contributed by atoms with van der Waals surface area (Å²) in [6, 6.07) is 6.47. The third-order valence-electron chi connectivity index (χ3n) is 5.79. The minimum Gasteiger partial charge on any atom is -0.480 e. The Labute approximate surface area is 207 Å². The van der Waals surface area contributed by atoms with Gasteiger partial charge in [0.2, 0.25) is 11.8 Å². The van der Waals surface area contributed by atoms with Crippen molar-refractivity contribution in [1.82, 2.24) is 15.6 Å². The van der Waals surface area contributed by atoms with Crippen molar-refractivity contribution < 1.29 is 19.5 Å². The SMILES string of the molecule is CSCCC(S)C(=O)NC1(C(=O)NC(Cc2ccc(-c3cccs3)nc2)C(=O)O)CCCC1. The van der Waals surface area contributed by atoms with Crippen molar-refractivity contribution in [1.29, 1.82) is 0 Å². The first-order valence-corrected chi connectivity index (χ1v) is 13.7. The van der Waals surface area contributed by atoms with Crippen LogP contribution < -0.4 is 10.6 Å². The number of amides is 2. The zero-order valence-corrected chi connectivity index (χ0v) is 21.0. The van der Waals surface area contributed by atoms with Gasteiger partial charge < -0.3 is 15.7 Å². The molecule has 1 fully saturated rings. The Bertz CT molecular complexity index is 944. The van der Waals surface area contributed by atoms with Gasteiger partial charge in [0.15, 0.2) is 0 Å². The summed E-state index contributed by atoms with van der Waals surface area (Å²) in [6.45, 7) is 0. The number of hydrogen-bond acceptors (Lipinski definition) is 7. The molecular weight excluding hydrogens is 478 g/mol. The molecule has 10 heteroatoms. The lowest BCUT2D eigenvalue weighted by molar-refractivity contribution is -0.143. The molecule has 2 unspecified atom stereocenters. The van der Waals surface area contributed by atoms with Crippen LogP contribution in [0.4, 0.5) is 0 Å². The number of carboxylic acids is 1. The molecule has 178 valence electrons. The van der Waals surface area contributed by atoms with Gasteiger partial charge in [0.25, 0.3) is 0 Å². The van der Waals surface area contributed by atoms with Crippen LogP contribution >= 0.6 is 35.7 Å². The Kier molecular flexibility index (Phi) is 9.22. The maximum absolute atomic E-state index is 13.2. The lowest BCUT2D eigenvalue weighted by Crippen LogP contribution is -2.61. The smallest absolute Gasteiger partial charge is 0.326 e. The van der Waals surface area contributed by atoms with Crippen molar-refractivity contribution in [2.45, 2.75) is 55.4 Å². The summed E-state index contributed by atoms with van der Waals surface area (Å²) in [5.41, 5.74) is 0.437. The predicted molar refractivity (Wildman–Crippen MR) is 136 cm³/mol. The quantitative estimate of drug-likeness (QED) is 0.347. The van der Waals surface area contributed by atoms with Crippen molar-refractivity contribution >= 4 is 53.5 Å². The molecule has 0 saturated heterocycles. The normalized spacial score (nSPS) is 16.7. The van der Waals surface area contributed by atoms with Gasteiger partial charge in [-0.25, -0.2) is 4.79 Å². The molecule has 0 radical (unpaired) electrons. The fourth-order valence-electron chi connectivity index (χ4n) is 3.91. The van der Waals surface area contributed by atoms with Crippen LogP contribution in [0.2, 0.25) is 0 Å². The van der Waals surface area contributed by atoms with E-state index in [1.165, 1.54) is 0 Å². The van der Waals surface area contributed by atoms with E-state index in [1.54, 1.807) is 29.3 Å². The van der Waals surface area contributed by atoms with Crippen molar-refractivity contribution in [2.75, 3.05) is 12.0 Å². The van der Waals surface area contributed by atoms with E-state index < -0.39 is 28.7 Å². The third kappa shape index (κ3) is 6.74. The highest BCUT2D eigenvalue weighted by Crippen LogP contribution is 2.31. The number of aliphatic carboxylic acids is 1. The predicted octanol–water partition coefficient (Wildman–Crippen LogP) is 3.40. The number of thiol groups is 1. The van der Waals surface area contributed by atoms with Crippen molar-refractivity contribution in [3.05, 3.63) is 41.4 Å². The number of aromatic nitrogens is 1. The molecule has 0 aromatic carbocycles. The summed E-state index contributed by atoms with van der Waals surface area (Å²) >= 11 is 7.59. The van der Waals surface area contributed by atoms with E-state index in [4.69, 9.17) is 0 Å². The molecule has 2 heterocycles. The highest BCUT2D eigenvalue weighted by atomic mass is 32.2. The van der Waals surface area contributed by atoms with Crippen LogP contribution in [0.3, 0.4) is 0 Å². The largest absolute Gasteiger partial charge is 0.480 e. The molecule has 33 heavy (non-hydrogen) atoms. The number of rotatable bonds is 11. The summed E-state index contributed by atoms with van der Waals surface area (Å²) in [5, 5.41) is 16.8. The number of thiophene rings is 1. The van der Waals surface area contributed by atoms with E-state index in [0.29, 0.717) is 24.8 Å². The molecular formula is C23H29N3O4S3. The van der Waals surface area contributed by atoms with E-state index in [2.05, 4.69) is 28.2 Å². The maximum atomic E-state index is 13.2. The molecule has 1 aliphatic rings. The van der Waals surface area contributed by atoms with Gasteiger partial charge in [-0.2, -0.15) is 24.4 Å². The minimum atomic E-state index is -1.13. The third-order valence-corrected chi connectivity index (χ3v) is 7.82. The molecule has 0 spiro atoms. The number of carboxylic acid groups (broad SMARTS) is 1. The first-order valence-electron chi connectivity index (χ1n) is 10.9. The van der Waals surface area contributed by atoms with Crippen LogP contribution in [0.1, 0.15) is 37.7 Å². The first-order chi connectivity index (χ1) is 15.8. The van der Waals surface area contributed by atoms with Crippen LogP contribution in [-0.4, -0.2) is 56.7 Å². The number of nitrogens with one attached hydrogen (secondary N) is 2. The average Bonchev–Trinajstić information content (AvgIpc) is 3.50. The Morgan fingerprint density at radius 1 is 1.27 bits per heavy atom. The average molecular weight is 508 g/mol. The molecule has 2 amide bonds. The van der Waals surface area contributed by atoms with E-state index in [9.17, 15) is 19.5 Å². The lowest BCUT2D eigenvalue weighted by Gasteiger charge is -2.31. The van der Waals surface area contributed by atoms with Gasteiger partial charge in [-0.15, -0.1) is 11.3 Å². The number of nitrogens with zero attached hydrogens (tertiary/aromatic N) is 1. The summed E-state index contributed by atoms with van der Waals surface area (Å²) in [7, 11) is 0. The molecule has 3 N–H and O–H groups in total. The zero-order chi connectivity index (χ0) is 23.8. The molecule has 2 aromatic rings. The summed E-state index contributed by atoms with van der Waals surface area (Å²) in [5.74, 6) is -1.07. The lowest BCUT2D eigenvalue weighted by atomic mass is 9.94. The van der Waals surface area contributed by atoms with Gasteiger partial charge in [0.1, 0.15) is 11.6 Å². The molecule has 2 atom stereocenters. The Hall–Kier alpha value is -2.04. The van der Waals surface area contributed by atoms with E-state index in [-0.39, 0.29) is 12.3 Å². The highest BCUT2D eigenvalue weighted by molar-refractivity contribution is 7.98. The molecule has 0 aliphatic heterocycles. The maximum Gasteiger partial charge on any atom is 0.326 e. The van der Waals surface area contributed by atoms with Gasteiger partial charge in [0.05, 0.1) is 15.8 Å². The molecule has 1 saturated carbocycles. The summed E-state index contributed by atoms with van der Waals surface area (Å²) in [4.78, 5) is 43.3. The first kappa shape index (κ1) is 25.6. The number of pyridine rings is 1. The topological polar surface area (TPSA) is 108 Å². The number of carbonyl (C=O) groups is 3.